The number of fused-ring (bicyclic) bond motifs is 1. The Morgan fingerprint density at radius 1 is 1.24 bits per heavy atom. The predicted molar refractivity (Wildman–Crippen MR) is 60.9 cm³/mol. The lowest BCUT2D eigenvalue weighted by molar-refractivity contribution is 0.0960. The Hall–Kier alpha value is -2.63. The van der Waals surface area contributed by atoms with Gasteiger partial charge in [0.2, 0.25) is 0 Å². The number of carbonyl (C=O) groups excluding carboxylic acids is 1. The van der Waals surface area contributed by atoms with Gasteiger partial charge in [0.15, 0.2) is 0 Å². The number of H-pyrrole nitrogens is 2. The van der Waals surface area contributed by atoms with Crippen LogP contribution in [0, 0.1) is 0 Å². The van der Waals surface area contributed by atoms with E-state index in [1.807, 2.05) is 0 Å². The van der Waals surface area contributed by atoms with Gasteiger partial charge in [-0.15, -0.1) is 0 Å². The van der Waals surface area contributed by atoms with Crippen molar-refractivity contribution in [2.75, 3.05) is 0 Å². The van der Waals surface area contributed by atoms with E-state index in [0.717, 1.165) is 0 Å². The Balaban J connectivity index is 2.12. The molecule has 0 radical (unpaired) electrons. The van der Waals surface area contributed by atoms with Crippen molar-refractivity contribution < 1.29 is 4.79 Å². The highest BCUT2D eigenvalue weighted by Crippen LogP contribution is 2.11. The molecule has 2 N–H and O–H groups in total. The van der Waals surface area contributed by atoms with Gasteiger partial charge in [-0.2, -0.15) is 0 Å². The SMILES string of the molecule is O=C(c1ccc2[nH]c(=O)[nH]c2c1)n1ccnc1. The topological polar surface area (TPSA) is 83.5 Å². The number of aromatic amines is 2. The third-order valence-electron chi connectivity index (χ3n) is 2.50. The second-order valence-electron chi connectivity index (χ2n) is 3.61. The van der Waals surface area contributed by atoms with Crippen molar-refractivity contribution >= 4 is 16.9 Å². The van der Waals surface area contributed by atoms with Crippen LogP contribution in [-0.2, 0) is 0 Å². The minimum Gasteiger partial charge on any atom is -0.306 e. The van der Waals surface area contributed by atoms with Crippen molar-refractivity contribution in [1.29, 1.82) is 0 Å². The normalized spacial score (nSPS) is 10.8. The highest BCUT2D eigenvalue weighted by atomic mass is 16.2. The molecule has 2 heterocycles. The number of imidazole rings is 2. The minimum atomic E-state index is -0.285. The van der Waals surface area contributed by atoms with E-state index in [1.165, 1.54) is 17.1 Å². The highest BCUT2D eigenvalue weighted by molar-refractivity contribution is 5.98. The Labute approximate surface area is 94.9 Å². The number of hydrogen-bond donors (Lipinski definition) is 2. The van der Waals surface area contributed by atoms with E-state index < -0.39 is 0 Å². The molecule has 0 aliphatic rings. The second kappa shape index (κ2) is 3.44. The zero-order valence-corrected chi connectivity index (χ0v) is 8.68. The zero-order chi connectivity index (χ0) is 11.8. The van der Waals surface area contributed by atoms with E-state index in [1.54, 1.807) is 24.4 Å². The number of hydrogen-bond acceptors (Lipinski definition) is 3. The van der Waals surface area contributed by atoms with Crippen molar-refractivity contribution in [1.82, 2.24) is 19.5 Å². The third kappa shape index (κ3) is 1.55. The van der Waals surface area contributed by atoms with Crippen LogP contribution in [0.25, 0.3) is 11.0 Å². The molecule has 0 amide bonds. The molecule has 0 atom stereocenters. The second-order valence-corrected chi connectivity index (χ2v) is 3.61. The lowest BCUT2D eigenvalue weighted by Crippen LogP contribution is -2.09. The Bertz CT molecular complexity index is 736. The summed E-state index contributed by atoms with van der Waals surface area (Å²) in [7, 11) is 0. The number of aromatic nitrogens is 4. The Morgan fingerprint density at radius 2 is 2.06 bits per heavy atom. The molecular weight excluding hydrogens is 220 g/mol. The number of benzene rings is 1. The van der Waals surface area contributed by atoms with Gasteiger partial charge in [-0.05, 0) is 18.2 Å². The first-order valence-electron chi connectivity index (χ1n) is 4.99. The third-order valence-corrected chi connectivity index (χ3v) is 2.50. The fourth-order valence-electron chi connectivity index (χ4n) is 1.69. The average Bonchev–Trinajstić information content (AvgIpc) is 2.94. The maximum absolute atomic E-state index is 12.0. The molecule has 0 saturated heterocycles. The van der Waals surface area contributed by atoms with E-state index in [0.29, 0.717) is 16.6 Å². The van der Waals surface area contributed by atoms with Crippen molar-refractivity contribution in [2.24, 2.45) is 0 Å². The van der Waals surface area contributed by atoms with Gasteiger partial charge in [-0.1, -0.05) is 0 Å². The van der Waals surface area contributed by atoms with E-state index >= 15 is 0 Å². The van der Waals surface area contributed by atoms with Crippen molar-refractivity contribution in [2.45, 2.75) is 0 Å². The standard InChI is InChI=1S/C11H8N4O2/c16-10(15-4-3-12-6-15)7-1-2-8-9(5-7)14-11(17)13-8/h1-6H,(H2,13,14,17). The van der Waals surface area contributed by atoms with Gasteiger partial charge in [0, 0.05) is 18.0 Å². The van der Waals surface area contributed by atoms with Crippen LogP contribution in [0.2, 0.25) is 0 Å². The van der Waals surface area contributed by atoms with Crippen LogP contribution in [-0.4, -0.2) is 25.4 Å². The molecule has 0 spiro atoms. The minimum absolute atomic E-state index is 0.188. The largest absolute Gasteiger partial charge is 0.323 e. The first kappa shape index (κ1) is 9.59. The monoisotopic (exact) mass is 228 g/mol. The van der Waals surface area contributed by atoms with Crippen LogP contribution in [0.5, 0.6) is 0 Å². The lowest BCUT2D eigenvalue weighted by Gasteiger charge is -2.00. The Morgan fingerprint density at radius 3 is 2.82 bits per heavy atom. The van der Waals surface area contributed by atoms with Gasteiger partial charge in [-0.25, -0.2) is 9.78 Å². The van der Waals surface area contributed by atoms with Crippen molar-refractivity contribution in [3.05, 3.63) is 53.0 Å². The van der Waals surface area contributed by atoms with Crippen LogP contribution >= 0.6 is 0 Å². The molecule has 0 bridgehead atoms. The maximum atomic E-state index is 12.0. The van der Waals surface area contributed by atoms with Crippen LogP contribution in [0.3, 0.4) is 0 Å². The first-order chi connectivity index (χ1) is 8.24. The summed E-state index contributed by atoms with van der Waals surface area (Å²) in [5.74, 6) is -0.188. The summed E-state index contributed by atoms with van der Waals surface area (Å²) in [6.07, 6.45) is 4.55. The van der Waals surface area contributed by atoms with Gasteiger partial charge in [0.25, 0.3) is 5.91 Å². The van der Waals surface area contributed by atoms with Crippen LogP contribution in [0.15, 0.2) is 41.7 Å². The van der Waals surface area contributed by atoms with E-state index in [2.05, 4.69) is 15.0 Å². The van der Waals surface area contributed by atoms with Gasteiger partial charge in [0.1, 0.15) is 6.33 Å². The molecule has 84 valence electrons. The molecule has 17 heavy (non-hydrogen) atoms. The molecule has 2 aromatic heterocycles. The summed E-state index contributed by atoms with van der Waals surface area (Å²) in [6.45, 7) is 0. The summed E-state index contributed by atoms with van der Waals surface area (Å²) in [6, 6.07) is 4.99. The molecule has 0 aliphatic heterocycles. The molecule has 0 aliphatic carbocycles. The number of rotatable bonds is 1. The molecular formula is C11H8N4O2. The zero-order valence-electron chi connectivity index (χ0n) is 8.68. The summed E-state index contributed by atoms with van der Waals surface area (Å²) in [4.78, 5) is 32.1. The van der Waals surface area contributed by atoms with Crippen LogP contribution < -0.4 is 5.69 Å². The Kier molecular flexibility index (Phi) is 1.94. The molecule has 0 unspecified atom stereocenters. The van der Waals surface area contributed by atoms with E-state index in [4.69, 9.17) is 0 Å². The van der Waals surface area contributed by atoms with Gasteiger partial charge >= 0.3 is 5.69 Å². The van der Waals surface area contributed by atoms with Gasteiger partial charge < -0.3 is 9.97 Å². The van der Waals surface area contributed by atoms with Crippen LogP contribution in [0.4, 0.5) is 0 Å². The van der Waals surface area contributed by atoms with E-state index in [9.17, 15) is 9.59 Å². The summed E-state index contributed by atoms with van der Waals surface area (Å²) < 4.78 is 1.38. The quantitative estimate of drug-likeness (QED) is 0.644. The number of nitrogens with zero attached hydrogens (tertiary/aromatic N) is 2. The summed E-state index contributed by atoms with van der Waals surface area (Å²) in [5.41, 5.74) is 1.50. The highest BCUT2D eigenvalue weighted by Gasteiger charge is 2.09. The maximum Gasteiger partial charge on any atom is 0.323 e. The van der Waals surface area contributed by atoms with Crippen molar-refractivity contribution in [3.63, 3.8) is 0 Å². The fourth-order valence-corrected chi connectivity index (χ4v) is 1.69. The van der Waals surface area contributed by atoms with Gasteiger partial charge in [0.05, 0.1) is 11.0 Å². The molecule has 3 aromatic rings. The van der Waals surface area contributed by atoms with Crippen molar-refractivity contribution in [3.8, 4) is 0 Å². The molecule has 6 nitrogen and oxygen atoms in total. The molecule has 0 saturated carbocycles. The number of carbonyl (C=O) groups is 1. The summed E-state index contributed by atoms with van der Waals surface area (Å²) in [5, 5.41) is 0. The average molecular weight is 228 g/mol. The lowest BCUT2D eigenvalue weighted by atomic mass is 10.2. The fraction of sp³-hybridized carbons (Fsp3) is 0. The van der Waals surface area contributed by atoms with Crippen LogP contribution in [0.1, 0.15) is 10.4 Å². The van der Waals surface area contributed by atoms with Gasteiger partial charge in [-0.3, -0.25) is 9.36 Å². The van der Waals surface area contributed by atoms with E-state index in [-0.39, 0.29) is 11.6 Å². The molecule has 1 aromatic carbocycles. The smallest absolute Gasteiger partial charge is 0.306 e. The molecule has 6 heteroatoms. The predicted octanol–water partition coefficient (Wildman–Crippen LogP) is 0.741. The summed E-state index contributed by atoms with van der Waals surface area (Å²) >= 11 is 0. The first-order valence-corrected chi connectivity index (χ1v) is 4.99. The molecule has 0 fully saturated rings. The molecule has 3 rings (SSSR count). The number of nitrogens with one attached hydrogen (secondary N) is 2.